The Hall–Kier alpha value is 0.782. The maximum Gasteiger partial charge on any atom is 0.369 e. The van der Waals surface area contributed by atoms with Gasteiger partial charge in [0.15, 0.2) is 0 Å². The Bertz CT molecular complexity index is 43.4. The van der Waals surface area contributed by atoms with Crippen LogP contribution in [-0.4, -0.2) is 22.7 Å². The van der Waals surface area contributed by atoms with Crippen LogP contribution in [0.4, 0.5) is 0 Å². The molecule has 0 amide bonds. The summed E-state index contributed by atoms with van der Waals surface area (Å²) in [4.78, 5) is 0. The van der Waals surface area contributed by atoms with Gasteiger partial charge in [-0.25, -0.2) is 0 Å². The molecule has 0 aromatic rings. The topological polar surface area (TPSA) is 9.23 Å². The maximum atomic E-state index is 4.91. The number of hydrogen-bond acceptors (Lipinski definition) is 1. The van der Waals surface area contributed by atoms with Gasteiger partial charge in [0.05, 0.1) is 0 Å². The molecule has 2 radical (unpaired) electrons. The van der Waals surface area contributed by atoms with Gasteiger partial charge >= 0.3 is 16.6 Å². The Morgan fingerprint density at radius 2 is 2.12 bits per heavy atom. The zero-order chi connectivity index (χ0) is 5.70. The van der Waals surface area contributed by atoms with E-state index in [2.05, 4.69) is 30.5 Å². The fraction of sp³-hybridized carbons (Fsp3) is 1.00. The molecular weight excluding hydrogens is 138 g/mol. The van der Waals surface area contributed by atoms with Crippen molar-refractivity contribution in [3.05, 3.63) is 0 Å². The first kappa shape index (κ1) is 11.6. The Labute approximate surface area is 66.0 Å². The highest BCUT2D eigenvalue weighted by atomic mass is 35.5. The van der Waals surface area contributed by atoms with E-state index in [1.165, 1.54) is 6.42 Å². The zero-order valence-electron chi connectivity index (χ0n) is 5.39. The Morgan fingerprint density at radius 3 is 2.25 bits per heavy atom. The molecule has 0 heterocycles. The van der Waals surface area contributed by atoms with Crippen LogP contribution >= 0.6 is 12.4 Å². The summed E-state index contributed by atoms with van der Waals surface area (Å²) in [5.74, 6) is 0. The average Bonchev–Trinajstić information content (AvgIpc) is 1.68. The predicted octanol–water partition coefficient (Wildman–Crippen LogP) is 1.70. The summed E-state index contributed by atoms with van der Waals surface area (Å²) in [6, 6.07) is 0. The maximum absolute atomic E-state index is 4.91. The fourth-order valence-electron chi connectivity index (χ4n) is 0.475. The molecule has 3 heteroatoms. The Balaban J connectivity index is 0. The monoisotopic (exact) mass is 150 g/mol. The quantitative estimate of drug-likeness (QED) is 0.557. The largest absolute Gasteiger partial charge is 0.514 e. The minimum absolute atomic E-state index is 0. The van der Waals surface area contributed by atoms with Crippen molar-refractivity contribution in [2.45, 2.75) is 32.8 Å². The molecule has 0 aliphatic carbocycles. The third-order valence-corrected chi connectivity index (χ3v) is 1.39. The predicted molar refractivity (Wildman–Crippen MR) is 38.5 cm³/mol. The van der Waals surface area contributed by atoms with Gasteiger partial charge in [-0.15, -0.1) is 12.4 Å². The van der Waals surface area contributed by atoms with E-state index in [9.17, 15) is 0 Å². The molecule has 0 rings (SSSR count). The molecule has 48 valence electrons. The lowest BCUT2D eigenvalue weighted by molar-refractivity contribution is 0.230. The van der Waals surface area contributed by atoms with Crippen molar-refractivity contribution in [2.75, 3.05) is 0 Å². The average molecular weight is 151 g/mol. The zero-order valence-corrected chi connectivity index (χ0v) is 7.36. The van der Waals surface area contributed by atoms with Crippen molar-refractivity contribution in [1.29, 1.82) is 0 Å². The van der Waals surface area contributed by atoms with Crippen LogP contribution in [0, 0.1) is 0 Å². The minimum Gasteiger partial charge on any atom is -0.514 e. The molecule has 8 heavy (non-hydrogen) atoms. The summed E-state index contributed by atoms with van der Waals surface area (Å²) >= 11 is 2.27. The van der Waals surface area contributed by atoms with Gasteiger partial charge in [0.1, 0.15) is 0 Å². The normalized spacial score (nSPS) is 12.2. The first-order valence-corrected chi connectivity index (χ1v) is 3.14. The van der Waals surface area contributed by atoms with Crippen molar-refractivity contribution in [3.8, 4) is 0 Å². The first-order valence-electron chi connectivity index (χ1n) is 2.66. The molecule has 0 aliphatic heterocycles. The van der Waals surface area contributed by atoms with Gasteiger partial charge in [0.25, 0.3) is 0 Å². The molecule has 0 saturated heterocycles. The summed E-state index contributed by atoms with van der Waals surface area (Å²) in [6.07, 6.45) is 2.77. The first-order chi connectivity index (χ1) is 3.31. The molecule has 0 bridgehead atoms. The van der Waals surface area contributed by atoms with Gasteiger partial charge in [-0.3, -0.25) is 0 Å². The highest BCUT2D eigenvalue weighted by Crippen LogP contribution is 1.96. The molecular formula is C5H12AlClO. The van der Waals surface area contributed by atoms with Gasteiger partial charge in [0.2, 0.25) is 0 Å². The van der Waals surface area contributed by atoms with Crippen molar-refractivity contribution < 1.29 is 3.79 Å². The number of hydrogen-bond donors (Lipinski definition) is 0. The second kappa shape index (κ2) is 7.78. The molecule has 1 unspecified atom stereocenters. The van der Waals surface area contributed by atoms with Crippen molar-refractivity contribution in [1.82, 2.24) is 0 Å². The van der Waals surface area contributed by atoms with Crippen LogP contribution in [0.1, 0.15) is 26.7 Å². The van der Waals surface area contributed by atoms with Crippen LogP contribution in [-0.2, 0) is 3.79 Å². The smallest absolute Gasteiger partial charge is 0.369 e. The summed E-state index contributed by atoms with van der Waals surface area (Å²) in [6.45, 7) is 4.22. The summed E-state index contributed by atoms with van der Waals surface area (Å²) in [5, 5.41) is 0. The van der Waals surface area contributed by atoms with Crippen molar-refractivity contribution in [3.63, 3.8) is 0 Å². The van der Waals surface area contributed by atoms with E-state index in [4.69, 9.17) is 3.79 Å². The molecule has 0 spiro atoms. The van der Waals surface area contributed by atoms with Crippen molar-refractivity contribution >= 4 is 29.0 Å². The van der Waals surface area contributed by atoms with E-state index in [0.29, 0.717) is 6.10 Å². The third-order valence-electron chi connectivity index (χ3n) is 0.928. The van der Waals surface area contributed by atoms with E-state index in [0.717, 1.165) is 6.42 Å². The standard InChI is InChI=1S/C5H11O.Al.ClH/c1-3-4-5(2)6;;/h5H,3-4H2,1-2H3;;1H/q-1;+1;. The van der Waals surface area contributed by atoms with Crippen LogP contribution in [0.25, 0.3) is 0 Å². The van der Waals surface area contributed by atoms with Crippen LogP contribution < -0.4 is 0 Å². The second-order valence-corrected chi connectivity index (χ2v) is 2.01. The molecule has 0 saturated carbocycles. The molecule has 0 N–H and O–H groups in total. The van der Waals surface area contributed by atoms with Crippen molar-refractivity contribution in [2.24, 2.45) is 0 Å². The molecule has 1 atom stereocenters. The summed E-state index contributed by atoms with van der Waals surface area (Å²) < 4.78 is 4.91. The molecule has 0 aromatic heterocycles. The van der Waals surface area contributed by atoms with Gasteiger partial charge in [-0.2, -0.15) is 0 Å². The van der Waals surface area contributed by atoms with E-state index in [-0.39, 0.29) is 12.4 Å². The van der Waals surface area contributed by atoms with Gasteiger partial charge in [0, 0.05) is 6.10 Å². The lowest BCUT2D eigenvalue weighted by Gasteiger charge is -2.07. The SMILES string of the molecule is CCCC(C)[O][Al].Cl. The Morgan fingerprint density at radius 1 is 1.62 bits per heavy atom. The van der Waals surface area contributed by atoms with Gasteiger partial charge in [-0.05, 0) is 13.3 Å². The number of halogens is 1. The van der Waals surface area contributed by atoms with Gasteiger partial charge < -0.3 is 3.79 Å². The van der Waals surface area contributed by atoms with E-state index in [1.807, 2.05) is 0 Å². The minimum atomic E-state index is 0. The lowest BCUT2D eigenvalue weighted by Crippen LogP contribution is -2.03. The van der Waals surface area contributed by atoms with E-state index in [1.54, 1.807) is 0 Å². The molecule has 1 nitrogen and oxygen atoms in total. The summed E-state index contributed by atoms with van der Waals surface area (Å²) in [7, 11) is 0. The molecule has 0 aromatic carbocycles. The fourth-order valence-corrected chi connectivity index (χ4v) is 0.611. The molecule has 0 aliphatic rings. The van der Waals surface area contributed by atoms with Crippen LogP contribution in [0.15, 0.2) is 0 Å². The Kier molecular flexibility index (Phi) is 11.2. The van der Waals surface area contributed by atoms with E-state index < -0.39 is 0 Å². The molecule has 0 fully saturated rings. The van der Waals surface area contributed by atoms with E-state index >= 15 is 0 Å². The third kappa shape index (κ3) is 6.78. The summed E-state index contributed by atoms with van der Waals surface area (Å²) in [5.41, 5.74) is 0. The van der Waals surface area contributed by atoms with Crippen LogP contribution in [0.2, 0.25) is 0 Å². The number of rotatable bonds is 3. The lowest BCUT2D eigenvalue weighted by atomic mass is 10.2. The highest BCUT2D eigenvalue weighted by molar-refractivity contribution is 5.98. The second-order valence-electron chi connectivity index (χ2n) is 1.74. The highest BCUT2D eigenvalue weighted by Gasteiger charge is 1.91. The van der Waals surface area contributed by atoms with Gasteiger partial charge in [-0.1, -0.05) is 13.3 Å². The van der Waals surface area contributed by atoms with Crippen LogP contribution in [0.3, 0.4) is 0 Å². The van der Waals surface area contributed by atoms with Crippen LogP contribution in [0.5, 0.6) is 0 Å².